The second-order valence-corrected chi connectivity index (χ2v) is 4.90. The maximum absolute atomic E-state index is 12.4. The van der Waals surface area contributed by atoms with E-state index in [4.69, 9.17) is 4.74 Å². The highest BCUT2D eigenvalue weighted by Gasteiger charge is 2.33. The molecule has 1 fully saturated rings. The lowest BCUT2D eigenvalue weighted by Crippen LogP contribution is -2.48. The summed E-state index contributed by atoms with van der Waals surface area (Å²) in [5.74, 6) is -0.326. The van der Waals surface area contributed by atoms with E-state index in [1.54, 1.807) is 4.90 Å². The second-order valence-electron chi connectivity index (χ2n) is 4.90. The predicted octanol–water partition coefficient (Wildman–Crippen LogP) is 2.35. The Morgan fingerprint density at radius 1 is 1.30 bits per heavy atom. The monoisotopic (exact) mass is 288 g/mol. The minimum atomic E-state index is -4.50. The van der Waals surface area contributed by atoms with Gasteiger partial charge in [0.15, 0.2) is 0 Å². The van der Waals surface area contributed by atoms with E-state index < -0.39 is 11.9 Å². The molecule has 1 amide bonds. The van der Waals surface area contributed by atoms with Crippen LogP contribution >= 0.6 is 0 Å². The number of hydrogen-bond acceptors (Lipinski definition) is 3. The first kappa shape index (κ1) is 14.8. The van der Waals surface area contributed by atoms with Crippen molar-refractivity contribution in [3.63, 3.8) is 0 Å². The lowest BCUT2D eigenvalue weighted by Gasteiger charge is -2.35. The van der Waals surface area contributed by atoms with Crippen molar-refractivity contribution in [2.45, 2.75) is 32.2 Å². The SMILES string of the molecule is CC1CN(C(=O)c2ccc(C(F)(F)F)nc2)CC(C)O1. The van der Waals surface area contributed by atoms with E-state index in [0.29, 0.717) is 13.1 Å². The molecule has 2 rings (SSSR count). The van der Waals surface area contributed by atoms with Crippen LogP contribution in [0.5, 0.6) is 0 Å². The molecule has 1 aromatic rings. The molecule has 0 saturated carbocycles. The molecular formula is C13H15F3N2O2. The summed E-state index contributed by atoms with van der Waals surface area (Å²) in [6, 6.07) is 1.98. The molecule has 110 valence electrons. The lowest BCUT2D eigenvalue weighted by molar-refractivity contribution is -0.141. The van der Waals surface area contributed by atoms with Crippen molar-refractivity contribution in [1.29, 1.82) is 0 Å². The fraction of sp³-hybridized carbons (Fsp3) is 0.538. The highest BCUT2D eigenvalue weighted by Crippen LogP contribution is 2.27. The molecule has 0 N–H and O–H groups in total. The Bertz CT molecular complexity index is 477. The first-order chi connectivity index (χ1) is 9.27. The van der Waals surface area contributed by atoms with E-state index >= 15 is 0 Å². The molecule has 0 aliphatic carbocycles. The van der Waals surface area contributed by atoms with Crippen LogP contribution in [0.2, 0.25) is 0 Å². The third-order valence-electron chi connectivity index (χ3n) is 3.01. The van der Waals surface area contributed by atoms with Crippen molar-refractivity contribution in [3.8, 4) is 0 Å². The third-order valence-corrected chi connectivity index (χ3v) is 3.01. The number of amides is 1. The van der Waals surface area contributed by atoms with Crippen LogP contribution in [-0.2, 0) is 10.9 Å². The van der Waals surface area contributed by atoms with Gasteiger partial charge < -0.3 is 9.64 Å². The first-order valence-corrected chi connectivity index (χ1v) is 6.25. The van der Waals surface area contributed by atoms with E-state index in [0.717, 1.165) is 18.3 Å². The van der Waals surface area contributed by atoms with E-state index in [1.807, 2.05) is 13.8 Å². The van der Waals surface area contributed by atoms with Crippen molar-refractivity contribution in [1.82, 2.24) is 9.88 Å². The van der Waals surface area contributed by atoms with Gasteiger partial charge in [0.1, 0.15) is 5.69 Å². The number of aromatic nitrogens is 1. The number of ether oxygens (including phenoxy) is 1. The molecule has 7 heteroatoms. The van der Waals surface area contributed by atoms with Crippen LogP contribution in [0.4, 0.5) is 13.2 Å². The lowest BCUT2D eigenvalue weighted by atomic mass is 10.1. The number of carbonyl (C=O) groups excluding carboxylic acids is 1. The molecule has 4 nitrogen and oxygen atoms in total. The summed E-state index contributed by atoms with van der Waals surface area (Å²) in [5, 5.41) is 0. The maximum Gasteiger partial charge on any atom is 0.433 e. The zero-order valence-corrected chi connectivity index (χ0v) is 11.1. The Balaban J connectivity index is 2.13. The maximum atomic E-state index is 12.4. The number of pyridine rings is 1. The van der Waals surface area contributed by atoms with Crippen molar-refractivity contribution in [2.75, 3.05) is 13.1 Å². The Labute approximate surface area is 114 Å². The Kier molecular flexibility index (Phi) is 3.99. The molecule has 1 aliphatic rings. The molecule has 2 atom stereocenters. The van der Waals surface area contributed by atoms with Gasteiger partial charge in [-0.1, -0.05) is 0 Å². The van der Waals surface area contributed by atoms with E-state index in [2.05, 4.69) is 4.98 Å². The molecule has 2 heterocycles. The van der Waals surface area contributed by atoms with E-state index in [9.17, 15) is 18.0 Å². The molecule has 0 radical (unpaired) electrons. The minimum Gasteiger partial charge on any atom is -0.372 e. The number of rotatable bonds is 1. The van der Waals surface area contributed by atoms with Crippen LogP contribution < -0.4 is 0 Å². The quantitative estimate of drug-likeness (QED) is 0.796. The molecule has 2 unspecified atom stereocenters. The van der Waals surface area contributed by atoms with Gasteiger partial charge >= 0.3 is 6.18 Å². The summed E-state index contributed by atoms with van der Waals surface area (Å²) in [5.41, 5.74) is -0.850. The van der Waals surface area contributed by atoms with Crippen LogP contribution in [0, 0.1) is 0 Å². The van der Waals surface area contributed by atoms with E-state index in [1.165, 1.54) is 0 Å². The summed E-state index contributed by atoms with van der Waals surface area (Å²) in [6.45, 7) is 4.54. The number of nitrogens with zero attached hydrogens (tertiary/aromatic N) is 2. The Morgan fingerprint density at radius 3 is 2.35 bits per heavy atom. The second kappa shape index (κ2) is 5.40. The number of halogens is 3. The van der Waals surface area contributed by atoms with Gasteiger partial charge in [0.25, 0.3) is 5.91 Å². The largest absolute Gasteiger partial charge is 0.433 e. The van der Waals surface area contributed by atoms with Crippen LogP contribution in [0.3, 0.4) is 0 Å². The summed E-state index contributed by atoms with van der Waals surface area (Å²) in [4.78, 5) is 17.1. The zero-order valence-electron chi connectivity index (χ0n) is 11.1. The summed E-state index contributed by atoms with van der Waals surface area (Å²) in [7, 11) is 0. The summed E-state index contributed by atoms with van der Waals surface area (Å²) >= 11 is 0. The Hall–Kier alpha value is -1.63. The van der Waals surface area contributed by atoms with Crippen molar-refractivity contribution >= 4 is 5.91 Å². The minimum absolute atomic E-state index is 0.0925. The highest BCUT2D eigenvalue weighted by molar-refractivity contribution is 5.94. The van der Waals surface area contributed by atoms with Crippen molar-refractivity contribution < 1.29 is 22.7 Å². The number of carbonyl (C=O) groups is 1. The van der Waals surface area contributed by atoms with Gasteiger partial charge in [0, 0.05) is 19.3 Å². The molecule has 0 aromatic carbocycles. The van der Waals surface area contributed by atoms with Crippen LogP contribution in [0.15, 0.2) is 18.3 Å². The fourth-order valence-corrected chi connectivity index (χ4v) is 2.21. The topological polar surface area (TPSA) is 42.4 Å². The van der Waals surface area contributed by atoms with Crippen molar-refractivity contribution in [2.24, 2.45) is 0 Å². The normalized spacial score (nSPS) is 23.8. The number of morpholine rings is 1. The van der Waals surface area contributed by atoms with Crippen LogP contribution in [0.25, 0.3) is 0 Å². The van der Waals surface area contributed by atoms with Gasteiger partial charge in [-0.15, -0.1) is 0 Å². The molecule has 0 spiro atoms. The van der Waals surface area contributed by atoms with Crippen molar-refractivity contribution in [3.05, 3.63) is 29.6 Å². The predicted molar refractivity (Wildman–Crippen MR) is 65.2 cm³/mol. The molecule has 1 aliphatic heterocycles. The van der Waals surface area contributed by atoms with Gasteiger partial charge in [-0.25, -0.2) is 0 Å². The molecule has 0 bridgehead atoms. The van der Waals surface area contributed by atoms with E-state index in [-0.39, 0.29) is 23.7 Å². The summed E-state index contributed by atoms with van der Waals surface area (Å²) in [6.07, 6.45) is -3.71. The van der Waals surface area contributed by atoms with Gasteiger partial charge in [0.05, 0.1) is 17.8 Å². The average molecular weight is 288 g/mol. The first-order valence-electron chi connectivity index (χ1n) is 6.25. The highest BCUT2D eigenvalue weighted by atomic mass is 19.4. The number of hydrogen-bond donors (Lipinski definition) is 0. The average Bonchev–Trinajstić information content (AvgIpc) is 2.36. The fourth-order valence-electron chi connectivity index (χ4n) is 2.21. The number of alkyl halides is 3. The molecule has 1 aromatic heterocycles. The summed E-state index contributed by atoms with van der Waals surface area (Å²) < 4.78 is 42.7. The van der Waals surface area contributed by atoms with Gasteiger partial charge in [-0.05, 0) is 26.0 Å². The molecular weight excluding hydrogens is 273 g/mol. The zero-order chi connectivity index (χ0) is 14.9. The van der Waals surface area contributed by atoms with Crippen LogP contribution in [0.1, 0.15) is 29.9 Å². The Morgan fingerprint density at radius 2 is 1.90 bits per heavy atom. The van der Waals surface area contributed by atoms with Gasteiger partial charge in [-0.2, -0.15) is 13.2 Å². The third kappa shape index (κ3) is 3.27. The molecule has 1 saturated heterocycles. The smallest absolute Gasteiger partial charge is 0.372 e. The van der Waals surface area contributed by atoms with Gasteiger partial charge in [0.2, 0.25) is 0 Å². The standard InChI is InChI=1S/C13H15F3N2O2/c1-8-6-18(7-9(2)20-8)12(19)10-3-4-11(17-5-10)13(14,15)16/h3-5,8-9H,6-7H2,1-2H3. The van der Waals surface area contributed by atoms with Gasteiger partial charge in [-0.3, -0.25) is 9.78 Å². The van der Waals surface area contributed by atoms with Crippen LogP contribution in [-0.4, -0.2) is 41.1 Å². The molecule has 20 heavy (non-hydrogen) atoms.